The van der Waals surface area contributed by atoms with E-state index in [0.29, 0.717) is 34.9 Å². The van der Waals surface area contributed by atoms with Crippen molar-refractivity contribution in [3.05, 3.63) is 100 Å². The first-order valence-corrected chi connectivity index (χ1v) is 12.3. The molecule has 36 heavy (non-hydrogen) atoms. The predicted octanol–water partition coefficient (Wildman–Crippen LogP) is 4.46. The van der Waals surface area contributed by atoms with Crippen molar-refractivity contribution < 1.29 is 19.6 Å². The maximum absolute atomic E-state index is 13.1. The summed E-state index contributed by atoms with van der Waals surface area (Å²) in [6, 6.07) is 23.4. The number of hydrogen-bond acceptors (Lipinski definition) is 6. The first-order chi connectivity index (χ1) is 17.4. The van der Waals surface area contributed by atoms with Crippen molar-refractivity contribution in [2.75, 3.05) is 12.3 Å². The van der Waals surface area contributed by atoms with Gasteiger partial charge >= 0.3 is 5.97 Å². The lowest BCUT2D eigenvalue weighted by Gasteiger charge is -2.18. The number of carboxylic acid groups (broad SMARTS) is 1. The number of non-ortho nitro benzene ring substituents is 1. The Hall–Kier alpha value is -4.18. The minimum absolute atomic E-state index is 0.0946. The third-order valence-corrected chi connectivity index (χ3v) is 6.64. The van der Waals surface area contributed by atoms with Crippen LogP contribution >= 0.6 is 11.8 Å². The highest BCUT2D eigenvalue weighted by Crippen LogP contribution is 2.28. The number of nitro benzene ring substituents is 1. The topological polar surface area (TPSA) is 127 Å². The van der Waals surface area contributed by atoms with Crippen LogP contribution in [0.15, 0.2) is 84.0 Å². The molecule has 184 valence electrons. The first kappa shape index (κ1) is 24.9. The zero-order chi connectivity index (χ0) is 25.5. The lowest BCUT2D eigenvalue weighted by Crippen LogP contribution is -2.31. The molecule has 0 spiro atoms. The number of carbonyl (C=O) groups is 2. The Balaban J connectivity index is 1.40. The Labute approximate surface area is 211 Å². The minimum Gasteiger partial charge on any atom is -0.480 e. The zero-order valence-corrected chi connectivity index (χ0v) is 20.1. The number of nitro groups is 1. The molecule has 0 radical (unpaired) electrons. The third-order valence-electron chi connectivity index (χ3n) is 5.58. The van der Waals surface area contributed by atoms with Crippen molar-refractivity contribution >= 4 is 40.4 Å². The third kappa shape index (κ3) is 5.89. The summed E-state index contributed by atoms with van der Waals surface area (Å²) < 4.78 is 1.53. The van der Waals surface area contributed by atoms with Gasteiger partial charge in [0.2, 0.25) is 5.91 Å². The molecule has 0 aliphatic carbocycles. The number of thioether (sulfide) groups is 1. The van der Waals surface area contributed by atoms with E-state index in [2.05, 4.69) is 10.3 Å². The first-order valence-electron chi connectivity index (χ1n) is 11.3. The fourth-order valence-electron chi connectivity index (χ4n) is 3.94. The van der Waals surface area contributed by atoms with Crippen LogP contribution in [0.3, 0.4) is 0 Å². The van der Waals surface area contributed by atoms with E-state index in [-0.39, 0.29) is 18.1 Å². The maximum atomic E-state index is 13.1. The van der Waals surface area contributed by atoms with Gasteiger partial charge in [0.1, 0.15) is 6.54 Å². The summed E-state index contributed by atoms with van der Waals surface area (Å²) in [5.74, 6) is -0.972. The highest BCUT2D eigenvalue weighted by atomic mass is 32.2. The van der Waals surface area contributed by atoms with E-state index >= 15 is 0 Å². The molecule has 2 N–H and O–H groups in total. The quantitative estimate of drug-likeness (QED) is 0.134. The van der Waals surface area contributed by atoms with Gasteiger partial charge in [-0.05, 0) is 23.6 Å². The van der Waals surface area contributed by atoms with Gasteiger partial charge in [-0.2, -0.15) is 0 Å². The largest absolute Gasteiger partial charge is 0.480 e. The molecule has 0 atom stereocenters. The molecule has 3 aromatic carbocycles. The summed E-state index contributed by atoms with van der Waals surface area (Å²) in [6.45, 7) is 0.135. The molecule has 0 unspecified atom stereocenters. The molecule has 4 rings (SSSR count). The number of aromatic nitrogens is 2. The number of amides is 1. The van der Waals surface area contributed by atoms with Crippen LogP contribution in [0.5, 0.6) is 0 Å². The summed E-state index contributed by atoms with van der Waals surface area (Å²) in [5.41, 5.74) is 2.61. The van der Waals surface area contributed by atoms with Crippen molar-refractivity contribution in [3.8, 4) is 0 Å². The van der Waals surface area contributed by atoms with E-state index < -0.39 is 16.8 Å². The van der Waals surface area contributed by atoms with E-state index in [0.717, 1.165) is 11.1 Å². The average molecular weight is 505 g/mol. The fourth-order valence-corrected chi connectivity index (χ4v) is 4.90. The molecular weight excluding hydrogens is 480 g/mol. The van der Waals surface area contributed by atoms with E-state index in [1.54, 1.807) is 0 Å². The number of aliphatic carboxylic acids is 1. The van der Waals surface area contributed by atoms with E-state index in [9.17, 15) is 24.8 Å². The Kier molecular flexibility index (Phi) is 7.96. The molecule has 0 saturated carbocycles. The number of rotatable bonds is 11. The lowest BCUT2D eigenvalue weighted by molar-refractivity contribution is -0.384. The second kappa shape index (κ2) is 11.5. The van der Waals surface area contributed by atoms with Crippen LogP contribution in [-0.4, -0.2) is 43.8 Å². The van der Waals surface area contributed by atoms with Gasteiger partial charge in [-0.15, -0.1) is 0 Å². The normalized spacial score (nSPS) is 11.0. The van der Waals surface area contributed by atoms with E-state index in [1.807, 2.05) is 60.7 Å². The Morgan fingerprint density at radius 3 is 2.25 bits per heavy atom. The van der Waals surface area contributed by atoms with Crippen molar-refractivity contribution in [3.63, 3.8) is 0 Å². The summed E-state index contributed by atoms with van der Waals surface area (Å²) in [4.78, 5) is 39.5. The highest BCUT2D eigenvalue weighted by molar-refractivity contribution is 7.99. The van der Waals surface area contributed by atoms with Gasteiger partial charge in [-0.3, -0.25) is 19.7 Å². The van der Waals surface area contributed by atoms with Gasteiger partial charge in [0.25, 0.3) is 5.69 Å². The molecule has 0 aliphatic heterocycles. The summed E-state index contributed by atoms with van der Waals surface area (Å²) in [7, 11) is 0. The van der Waals surface area contributed by atoms with Gasteiger partial charge in [0, 0.05) is 24.4 Å². The summed E-state index contributed by atoms with van der Waals surface area (Å²) in [5, 5.41) is 23.9. The van der Waals surface area contributed by atoms with Crippen molar-refractivity contribution in [2.45, 2.75) is 24.0 Å². The van der Waals surface area contributed by atoms with Crippen LogP contribution < -0.4 is 5.32 Å². The van der Waals surface area contributed by atoms with Gasteiger partial charge < -0.3 is 15.0 Å². The number of fused-ring (bicyclic) bond motifs is 1. The number of nitrogens with zero attached hydrogens (tertiary/aromatic N) is 3. The zero-order valence-electron chi connectivity index (χ0n) is 19.2. The molecule has 1 amide bonds. The van der Waals surface area contributed by atoms with Crippen LogP contribution in [0.25, 0.3) is 11.0 Å². The highest BCUT2D eigenvalue weighted by Gasteiger charge is 2.22. The van der Waals surface area contributed by atoms with Crippen LogP contribution in [0, 0.1) is 10.1 Å². The molecule has 10 heteroatoms. The summed E-state index contributed by atoms with van der Waals surface area (Å²) in [6.07, 6.45) is 0.628. The maximum Gasteiger partial charge on any atom is 0.323 e. The Morgan fingerprint density at radius 2 is 1.67 bits per heavy atom. The standard InChI is InChI=1S/C26H24N4O5S/c31-23(32)17-29-22-13-12-20(30(34)35)16-21(22)28-26(29)36-15-7-14-27-25(33)24(18-8-3-1-4-9-18)19-10-5-2-6-11-19/h1-6,8-13,16,24H,7,14-15,17H2,(H,27,33)(H,31,32). The molecule has 1 heterocycles. The SMILES string of the molecule is O=C(O)Cn1c(SCCCNC(=O)C(c2ccccc2)c2ccccc2)nc2cc([N+](=O)[O-])ccc21. The van der Waals surface area contributed by atoms with Crippen LogP contribution in [-0.2, 0) is 16.1 Å². The molecule has 0 fully saturated rings. The number of benzene rings is 3. The Morgan fingerprint density at radius 1 is 1.03 bits per heavy atom. The van der Waals surface area contributed by atoms with Crippen molar-refractivity contribution in [1.29, 1.82) is 0 Å². The van der Waals surface area contributed by atoms with Gasteiger partial charge in [0.15, 0.2) is 5.16 Å². The molecule has 0 bridgehead atoms. The molecule has 4 aromatic rings. The smallest absolute Gasteiger partial charge is 0.323 e. The second-order valence-corrected chi connectivity index (χ2v) is 9.11. The van der Waals surface area contributed by atoms with Crippen molar-refractivity contribution in [2.24, 2.45) is 0 Å². The molecule has 9 nitrogen and oxygen atoms in total. The fraction of sp³-hybridized carbons (Fsp3) is 0.192. The number of nitrogens with one attached hydrogen (secondary N) is 1. The summed E-state index contributed by atoms with van der Waals surface area (Å²) >= 11 is 1.35. The minimum atomic E-state index is -1.03. The molecule has 1 aromatic heterocycles. The van der Waals surface area contributed by atoms with Gasteiger partial charge in [0.05, 0.1) is 21.9 Å². The predicted molar refractivity (Wildman–Crippen MR) is 137 cm³/mol. The molecule has 0 aliphatic rings. The molecule has 0 saturated heterocycles. The van der Waals surface area contributed by atoms with Crippen LogP contribution in [0.2, 0.25) is 0 Å². The van der Waals surface area contributed by atoms with Gasteiger partial charge in [-0.25, -0.2) is 4.98 Å². The van der Waals surface area contributed by atoms with E-state index in [1.165, 1.54) is 34.5 Å². The van der Waals surface area contributed by atoms with E-state index in [4.69, 9.17) is 0 Å². The second-order valence-electron chi connectivity index (χ2n) is 8.05. The van der Waals surface area contributed by atoms with Crippen molar-refractivity contribution in [1.82, 2.24) is 14.9 Å². The number of imidazole rings is 1. The van der Waals surface area contributed by atoms with Crippen LogP contribution in [0.4, 0.5) is 5.69 Å². The van der Waals surface area contributed by atoms with Gasteiger partial charge in [-0.1, -0.05) is 72.4 Å². The number of carbonyl (C=O) groups excluding carboxylic acids is 1. The number of hydrogen-bond donors (Lipinski definition) is 2. The Bertz CT molecular complexity index is 1340. The lowest BCUT2D eigenvalue weighted by atomic mass is 9.90. The number of carboxylic acids is 1. The van der Waals surface area contributed by atoms with Crippen LogP contribution in [0.1, 0.15) is 23.5 Å². The average Bonchev–Trinajstić information content (AvgIpc) is 3.21. The molecular formula is C26H24N4O5S. The monoisotopic (exact) mass is 504 g/mol.